The van der Waals surface area contributed by atoms with Crippen molar-refractivity contribution in [3.05, 3.63) is 59.3 Å². The van der Waals surface area contributed by atoms with Gasteiger partial charge < -0.3 is 26.0 Å². The molecule has 4 rings (SSSR count). The highest BCUT2D eigenvalue weighted by molar-refractivity contribution is 5.93. The fourth-order valence-electron chi connectivity index (χ4n) is 3.42. The highest BCUT2D eigenvalue weighted by Gasteiger charge is 2.17. The van der Waals surface area contributed by atoms with Gasteiger partial charge in [-0.2, -0.15) is 0 Å². The number of rotatable bonds is 6. The van der Waals surface area contributed by atoms with Crippen LogP contribution in [-0.2, 0) is 6.54 Å². The van der Waals surface area contributed by atoms with E-state index in [1.54, 1.807) is 30.7 Å². The zero-order valence-electron chi connectivity index (χ0n) is 18.7. The lowest BCUT2D eigenvalue weighted by atomic mass is 10.1. The number of aliphatic hydroxyl groups is 1. The summed E-state index contributed by atoms with van der Waals surface area (Å²) in [6.07, 6.45) is 4.94. The number of nitrogen functional groups attached to an aromatic ring is 1. The highest BCUT2D eigenvalue weighted by Crippen LogP contribution is 2.27. The van der Waals surface area contributed by atoms with Crippen molar-refractivity contribution in [3.8, 4) is 11.3 Å². The predicted molar refractivity (Wildman–Crippen MR) is 129 cm³/mol. The molecule has 5 N–H and O–H groups in total. The molecule has 0 radical (unpaired) electrons. The molecule has 0 aliphatic rings. The molecule has 0 atom stereocenters. The van der Waals surface area contributed by atoms with Gasteiger partial charge >= 0.3 is 0 Å². The molecular formula is C23H26N8O2. The summed E-state index contributed by atoms with van der Waals surface area (Å²) in [5.41, 5.74) is 6.67. The molecule has 0 aromatic carbocycles. The first kappa shape index (κ1) is 22.2. The predicted octanol–water partition coefficient (Wildman–Crippen LogP) is 2.78. The molecule has 0 saturated carbocycles. The van der Waals surface area contributed by atoms with Crippen LogP contribution in [0.5, 0.6) is 0 Å². The number of aromatic nitrogens is 5. The van der Waals surface area contributed by atoms with Crippen molar-refractivity contribution in [2.45, 2.75) is 32.9 Å². The number of nitrogens with one attached hydrogen (secondary N) is 2. The fourth-order valence-corrected chi connectivity index (χ4v) is 3.42. The van der Waals surface area contributed by atoms with E-state index >= 15 is 0 Å². The Morgan fingerprint density at radius 1 is 1.06 bits per heavy atom. The van der Waals surface area contributed by atoms with Crippen LogP contribution < -0.4 is 21.9 Å². The lowest BCUT2D eigenvalue weighted by Crippen LogP contribution is -2.29. The molecule has 0 fully saturated rings. The first-order valence-corrected chi connectivity index (χ1v) is 10.5. The quantitative estimate of drug-likeness (QED) is 0.351. The van der Waals surface area contributed by atoms with Crippen molar-refractivity contribution in [2.24, 2.45) is 0 Å². The van der Waals surface area contributed by atoms with E-state index in [1.807, 2.05) is 39.0 Å². The van der Waals surface area contributed by atoms with Crippen LogP contribution in [0.2, 0.25) is 0 Å². The van der Waals surface area contributed by atoms with Gasteiger partial charge in [-0.25, -0.2) is 19.9 Å². The first-order valence-electron chi connectivity index (χ1n) is 10.5. The second-order valence-corrected chi connectivity index (χ2v) is 8.59. The molecule has 4 aromatic heterocycles. The molecule has 0 unspecified atom stereocenters. The Morgan fingerprint density at radius 3 is 2.58 bits per heavy atom. The number of nitrogens with zero attached hydrogens (tertiary/aromatic N) is 5. The summed E-state index contributed by atoms with van der Waals surface area (Å²) >= 11 is 0. The second-order valence-electron chi connectivity index (χ2n) is 8.59. The van der Waals surface area contributed by atoms with Crippen molar-refractivity contribution in [2.75, 3.05) is 23.0 Å². The highest BCUT2D eigenvalue weighted by atomic mass is 16.3. The molecule has 0 aliphatic carbocycles. The summed E-state index contributed by atoms with van der Waals surface area (Å²) in [5.74, 6) is 1.74. The van der Waals surface area contributed by atoms with Gasteiger partial charge in [0, 0.05) is 36.2 Å². The summed E-state index contributed by atoms with van der Waals surface area (Å²) in [5, 5.41) is 17.0. The maximum absolute atomic E-state index is 13.0. The van der Waals surface area contributed by atoms with Crippen LogP contribution in [0.1, 0.15) is 20.8 Å². The molecule has 4 aromatic rings. The molecule has 0 saturated heterocycles. The summed E-state index contributed by atoms with van der Waals surface area (Å²) in [6, 6.07) is 9.07. The number of fused-ring (bicyclic) bond motifs is 1. The Bertz CT molecular complexity index is 1360. The Hall–Kier alpha value is -4.05. The Kier molecular flexibility index (Phi) is 5.93. The standard InChI is InChI=1S/C23H26N8O2/c1-23(2,3)30-20-19-15(6-9-31(10-11-32)21(19)33)13-18(29-20)28-17-12-14(4-7-25-17)16-5-8-26-22(24)27-16/h4-9,12-13,32H,10-11H2,1-3H3,(H2,24,26,27)(H2,25,28,29,30). The van der Waals surface area contributed by atoms with E-state index in [9.17, 15) is 9.90 Å². The van der Waals surface area contributed by atoms with Gasteiger partial charge in [0.05, 0.1) is 17.7 Å². The lowest BCUT2D eigenvalue weighted by molar-refractivity contribution is 0.274. The molecule has 33 heavy (non-hydrogen) atoms. The van der Waals surface area contributed by atoms with Crippen LogP contribution in [0.25, 0.3) is 22.0 Å². The minimum absolute atomic E-state index is 0.124. The zero-order chi connectivity index (χ0) is 23.6. The number of anilines is 4. The smallest absolute Gasteiger partial charge is 0.262 e. The average Bonchev–Trinajstić information content (AvgIpc) is 2.75. The normalized spacial score (nSPS) is 11.5. The molecule has 0 spiro atoms. The molecule has 0 bridgehead atoms. The van der Waals surface area contributed by atoms with E-state index in [1.165, 1.54) is 4.57 Å². The van der Waals surface area contributed by atoms with E-state index in [2.05, 4.69) is 30.6 Å². The Labute approximate surface area is 190 Å². The second kappa shape index (κ2) is 8.83. The van der Waals surface area contributed by atoms with E-state index < -0.39 is 0 Å². The van der Waals surface area contributed by atoms with Crippen molar-refractivity contribution >= 4 is 34.2 Å². The number of nitrogens with two attached hydrogens (primary N) is 1. The van der Waals surface area contributed by atoms with Gasteiger partial charge in [-0.3, -0.25) is 4.79 Å². The van der Waals surface area contributed by atoms with Crippen molar-refractivity contribution < 1.29 is 5.11 Å². The molecule has 170 valence electrons. The van der Waals surface area contributed by atoms with Crippen molar-refractivity contribution in [1.29, 1.82) is 0 Å². The summed E-state index contributed by atoms with van der Waals surface area (Å²) in [6.45, 7) is 6.07. The van der Waals surface area contributed by atoms with Crippen LogP contribution in [0, 0.1) is 0 Å². The maximum Gasteiger partial charge on any atom is 0.262 e. The minimum atomic E-state index is -0.326. The molecule has 0 amide bonds. The van der Waals surface area contributed by atoms with Gasteiger partial charge in [0.25, 0.3) is 5.56 Å². The minimum Gasteiger partial charge on any atom is -0.395 e. The number of pyridine rings is 3. The van der Waals surface area contributed by atoms with Crippen LogP contribution in [-0.4, -0.2) is 41.8 Å². The summed E-state index contributed by atoms with van der Waals surface area (Å²) in [4.78, 5) is 30.3. The van der Waals surface area contributed by atoms with Crippen LogP contribution in [0.4, 0.5) is 23.4 Å². The number of hydrogen-bond donors (Lipinski definition) is 4. The third kappa shape index (κ3) is 5.07. The number of hydrogen-bond acceptors (Lipinski definition) is 9. The lowest BCUT2D eigenvalue weighted by Gasteiger charge is -2.23. The van der Waals surface area contributed by atoms with Gasteiger partial charge in [-0.05, 0) is 56.5 Å². The van der Waals surface area contributed by atoms with Gasteiger partial charge in [-0.15, -0.1) is 0 Å². The maximum atomic E-state index is 13.0. The third-order valence-electron chi connectivity index (χ3n) is 4.78. The SMILES string of the molecule is CC(C)(C)Nc1nc(Nc2cc(-c3ccnc(N)n3)ccn2)cc2ccn(CCO)c(=O)c12. The Morgan fingerprint density at radius 2 is 1.85 bits per heavy atom. The van der Waals surface area contributed by atoms with Gasteiger partial charge in [0.1, 0.15) is 17.5 Å². The summed E-state index contributed by atoms with van der Waals surface area (Å²) in [7, 11) is 0. The molecule has 4 heterocycles. The zero-order valence-corrected chi connectivity index (χ0v) is 18.7. The third-order valence-corrected chi connectivity index (χ3v) is 4.78. The molecular weight excluding hydrogens is 420 g/mol. The van der Waals surface area contributed by atoms with Crippen LogP contribution >= 0.6 is 0 Å². The first-order chi connectivity index (χ1) is 15.7. The van der Waals surface area contributed by atoms with E-state index in [-0.39, 0.29) is 30.2 Å². The fraction of sp³-hybridized carbons (Fsp3) is 0.261. The van der Waals surface area contributed by atoms with Gasteiger partial charge in [-0.1, -0.05) is 0 Å². The molecule has 0 aliphatic heterocycles. The van der Waals surface area contributed by atoms with Crippen molar-refractivity contribution in [3.63, 3.8) is 0 Å². The molecule has 10 heteroatoms. The monoisotopic (exact) mass is 446 g/mol. The van der Waals surface area contributed by atoms with E-state index in [0.29, 0.717) is 28.5 Å². The van der Waals surface area contributed by atoms with Crippen molar-refractivity contribution in [1.82, 2.24) is 24.5 Å². The van der Waals surface area contributed by atoms with E-state index in [0.717, 1.165) is 10.9 Å². The molecule has 10 nitrogen and oxygen atoms in total. The summed E-state index contributed by atoms with van der Waals surface area (Å²) < 4.78 is 1.48. The van der Waals surface area contributed by atoms with Crippen LogP contribution in [0.3, 0.4) is 0 Å². The van der Waals surface area contributed by atoms with E-state index in [4.69, 9.17) is 5.73 Å². The van der Waals surface area contributed by atoms with Gasteiger partial charge in [0.15, 0.2) is 0 Å². The topological polar surface area (TPSA) is 144 Å². The number of aliphatic hydroxyl groups excluding tert-OH is 1. The average molecular weight is 447 g/mol. The Balaban J connectivity index is 1.76. The van der Waals surface area contributed by atoms with Gasteiger partial charge in [0.2, 0.25) is 5.95 Å². The van der Waals surface area contributed by atoms with Crippen LogP contribution in [0.15, 0.2) is 53.7 Å². The largest absolute Gasteiger partial charge is 0.395 e.